The Morgan fingerprint density at radius 3 is 2.33 bits per heavy atom. The van der Waals surface area contributed by atoms with Gasteiger partial charge in [-0.3, -0.25) is 19.1 Å². The van der Waals surface area contributed by atoms with Gasteiger partial charge in [0.25, 0.3) is 5.91 Å². The third kappa shape index (κ3) is 10.6. The Balaban J connectivity index is 1.26. The predicted octanol–water partition coefficient (Wildman–Crippen LogP) is 7.37. The lowest BCUT2D eigenvalue weighted by molar-refractivity contribution is -0.244. The number of nitrogens with one attached hydrogen (secondary N) is 3. The number of methoxy groups -OCH3 is 1. The summed E-state index contributed by atoms with van der Waals surface area (Å²) in [6, 6.07) is 11.5. The maximum atomic E-state index is 15.0. The number of benzene rings is 2. The summed E-state index contributed by atoms with van der Waals surface area (Å²) < 4.78 is 92.4. The lowest BCUT2D eigenvalue weighted by Gasteiger charge is -2.34. The molecule has 364 valence electrons. The van der Waals surface area contributed by atoms with Gasteiger partial charge in [0.05, 0.1) is 35.7 Å². The highest BCUT2D eigenvalue weighted by atomic mass is 32.2. The summed E-state index contributed by atoms with van der Waals surface area (Å²) in [7, 11) is -2.58. The van der Waals surface area contributed by atoms with E-state index in [1.54, 1.807) is 37.3 Å². The number of allylic oxidation sites excluding steroid dienone is 1. The normalized spacial score (nSPS) is 27.1. The average Bonchev–Trinajstić information content (AvgIpc) is 4.13. The van der Waals surface area contributed by atoms with E-state index in [4.69, 9.17) is 23.9 Å². The van der Waals surface area contributed by atoms with Crippen molar-refractivity contribution in [2.75, 3.05) is 13.7 Å². The summed E-state index contributed by atoms with van der Waals surface area (Å²) in [5, 5.41) is 5.83. The quantitative estimate of drug-likeness (QED) is 0.163. The first-order valence-corrected chi connectivity index (χ1v) is 24.2. The van der Waals surface area contributed by atoms with Crippen molar-refractivity contribution in [1.82, 2.24) is 25.2 Å². The maximum absolute atomic E-state index is 15.0. The van der Waals surface area contributed by atoms with Crippen LogP contribution >= 0.6 is 0 Å². The second kappa shape index (κ2) is 18.5. The first-order valence-electron chi connectivity index (χ1n) is 22.7. The molecule has 1 saturated heterocycles. The number of amides is 4. The fourth-order valence-corrected chi connectivity index (χ4v) is 10.1. The van der Waals surface area contributed by atoms with Crippen molar-refractivity contribution in [2.24, 2.45) is 17.8 Å². The molecule has 2 aliphatic carbocycles. The molecule has 0 unspecified atom stereocenters. The number of nitrogens with zero attached hydrogens (tertiary/aromatic N) is 2. The van der Waals surface area contributed by atoms with E-state index < -0.39 is 85.9 Å². The molecule has 67 heavy (non-hydrogen) atoms. The van der Waals surface area contributed by atoms with Crippen molar-refractivity contribution in [1.29, 1.82) is 0 Å². The minimum absolute atomic E-state index is 0.0443. The molecule has 4 aliphatic rings. The Bertz CT molecular complexity index is 2530. The number of sulfonamides is 1. The van der Waals surface area contributed by atoms with Crippen LogP contribution in [0.1, 0.15) is 93.4 Å². The van der Waals surface area contributed by atoms with Crippen LogP contribution in [0.2, 0.25) is 0 Å². The van der Waals surface area contributed by atoms with Gasteiger partial charge in [-0.25, -0.2) is 18.2 Å². The van der Waals surface area contributed by atoms with Gasteiger partial charge in [-0.2, -0.15) is 13.2 Å². The number of hydrogen-bond donors (Lipinski definition) is 3. The van der Waals surface area contributed by atoms with Crippen LogP contribution in [-0.4, -0.2) is 102 Å². The third-order valence-corrected chi connectivity index (χ3v) is 15.5. The van der Waals surface area contributed by atoms with Crippen molar-refractivity contribution >= 4 is 44.7 Å². The number of carbonyl (C=O) groups excluding carboxylic acids is 4. The molecule has 1 aromatic heterocycles. The zero-order valence-corrected chi connectivity index (χ0v) is 39.8. The molecule has 0 radical (unpaired) electrons. The van der Waals surface area contributed by atoms with Gasteiger partial charge in [-0.1, -0.05) is 26.0 Å². The molecule has 0 bridgehead atoms. The summed E-state index contributed by atoms with van der Waals surface area (Å²) in [6.45, 7) is 10.2. The monoisotopic (exact) mass is 955 g/mol. The summed E-state index contributed by atoms with van der Waals surface area (Å²) in [4.78, 5) is 63.4. The molecule has 3 aromatic rings. The molecule has 2 aliphatic heterocycles. The number of alkyl carbamates (subject to hydrolysis) is 1. The van der Waals surface area contributed by atoms with E-state index in [2.05, 4.69) is 15.4 Å². The molecule has 7 rings (SSSR count). The Morgan fingerprint density at radius 1 is 1.00 bits per heavy atom. The number of carbonyl (C=O) groups is 4. The lowest BCUT2D eigenvalue weighted by Crippen LogP contribution is -2.59. The third-order valence-electron chi connectivity index (χ3n) is 13.3. The Morgan fingerprint density at radius 2 is 1.69 bits per heavy atom. The van der Waals surface area contributed by atoms with Gasteiger partial charge in [-0.15, -0.1) is 0 Å². The first-order chi connectivity index (χ1) is 31.3. The zero-order valence-electron chi connectivity index (χ0n) is 39.0. The molecule has 0 spiro atoms. The van der Waals surface area contributed by atoms with Crippen LogP contribution < -0.4 is 29.6 Å². The number of ether oxygens (including phenoxy) is 4. The zero-order chi connectivity index (χ0) is 48.9. The summed E-state index contributed by atoms with van der Waals surface area (Å²) >= 11 is 0. The Kier molecular flexibility index (Phi) is 13.6. The number of rotatable bonds is 11. The lowest BCUT2D eigenvalue weighted by atomic mass is 9.88. The number of pyridine rings is 1. The minimum atomic E-state index is -4.93. The van der Waals surface area contributed by atoms with Crippen molar-refractivity contribution in [2.45, 2.75) is 140 Å². The molecule has 15 nitrogen and oxygen atoms in total. The van der Waals surface area contributed by atoms with Crippen LogP contribution in [0.4, 0.5) is 18.0 Å². The number of fused-ring (bicyclic) bond motifs is 3. The number of hydrogen-bond acceptors (Lipinski definition) is 11. The standard InChI is InChI=1S/C48H60F3N5O10S/c1-27(2)64-32-15-13-30(14-16-32)36-24-39(35-18-17-33(63-8)22-37(35)52-36)65-34-23-38-41(57)54-47(43(59)55-67(61,62)46(7)19-20-46)25-31(47)12-10-9-11-28(3)21-29(4)40(42(58)56(38)26-34)53-44(60)66-45(5,6)48(49,50)51/h10,12-18,22,24,27-29,31,34,38,40H,9,11,19-21,23,25-26H2,1-8H3,(H,53,60)(H,54,57)(H,55,59)/b12-10+/t28-,29-,31-,34-,38+,40+,47-/m1/s1. The van der Waals surface area contributed by atoms with Crippen LogP contribution in [-0.2, 0) is 29.1 Å². The molecule has 2 aromatic carbocycles. The predicted molar refractivity (Wildman–Crippen MR) is 243 cm³/mol. The second-order valence-corrected chi connectivity index (χ2v) is 21.8. The van der Waals surface area contributed by atoms with Crippen LogP contribution in [0.3, 0.4) is 0 Å². The highest BCUT2D eigenvalue weighted by Crippen LogP contribution is 2.48. The Labute approximate surface area is 388 Å². The maximum Gasteiger partial charge on any atom is 0.427 e. The van der Waals surface area contributed by atoms with E-state index in [0.29, 0.717) is 79.8 Å². The van der Waals surface area contributed by atoms with Gasteiger partial charge in [0.1, 0.15) is 41.0 Å². The van der Waals surface area contributed by atoms with Crippen LogP contribution in [0, 0.1) is 17.8 Å². The smallest absolute Gasteiger partial charge is 0.427 e. The molecular formula is C48H60F3N5O10S. The number of aromatic nitrogens is 1. The molecule has 3 heterocycles. The van der Waals surface area contributed by atoms with E-state index in [0.717, 1.165) is 5.56 Å². The van der Waals surface area contributed by atoms with Crippen molar-refractivity contribution in [3.8, 4) is 28.5 Å². The molecule has 3 fully saturated rings. The van der Waals surface area contributed by atoms with Gasteiger partial charge in [0, 0.05) is 35.4 Å². The molecule has 2 saturated carbocycles. The molecule has 4 amide bonds. The van der Waals surface area contributed by atoms with Gasteiger partial charge in [-0.05, 0) is 121 Å². The summed E-state index contributed by atoms with van der Waals surface area (Å²) in [5.41, 5.74) is -2.81. The van der Waals surface area contributed by atoms with Gasteiger partial charge < -0.3 is 34.5 Å². The van der Waals surface area contributed by atoms with E-state index >= 15 is 4.79 Å². The van der Waals surface area contributed by atoms with E-state index in [1.165, 1.54) is 18.9 Å². The topological polar surface area (TPSA) is 192 Å². The molecule has 19 heteroatoms. The van der Waals surface area contributed by atoms with Crippen LogP contribution in [0.25, 0.3) is 22.2 Å². The van der Waals surface area contributed by atoms with Crippen LogP contribution in [0.15, 0.2) is 60.7 Å². The Hall–Kier alpha value is -5.59. The van der Waals surface area contributed by atoms with Crippen molar-refractivity contribution < 1.29 is 59.7 Å². The highest BCUT2D eigenvalue weighted by molar-refractivity contribution is 7.91. The number of alkyl halides is 3. The van der Waals surface area contributed by atoms with Gasteiger partial charge in [0.2, 0.25) is 27.4 Å². The van der Waals surface area contributed by atoms with Gasteiger partial charge >= 0.3 is 12.3 Å². The number of halogens is 3. The first kappa shape index (κ1) is 49.3. The fourth-order valence-electron chi connectivity index (χ4n) is 8.75. The average molecular weight is 956 g/mol. The molecular weight excluding hydrogens is 896 g/mol. The SMILES string of the molecule is COc1ccc2c(O[C@@H]3C[C@H]4C(=O)N[C@]5(C(=O)NS(=O)(=O)C6(C)CC6)C[C@H]5/C=C/CC[C@@H](C)C[C@@H](C)[C@H](NC(=O)OC(C)(C)C(F)(F)F)C(=O)N4C3)cc(-c3ccc(OC(C)C)cc3)nc2c1. The van der Waals surface area contributed by atoms with Gasteiger partial charge in [0.15, 0.2) is 0 Å². The largest absolute Gasteiger partial charge is 0.497 e. The minimum Gasteiger partial charge on any atom is -0.497 e. The van der Waals surface area contributed by atoms with Crippen molar-refractivity contribution in [3.05, 3.63) is 60.7 Å². The molecule has 7 atom stereocenters. The van der Waals surface area contributed by atoms with Crippen LogP contribution in [0.5, 0.6) is 17.2 Å². The fraction of sp³-hybridized carbons (Fsp3) is 0.562. The summed E-state index contributed by atoms with van der Waals surface area (Å²) in [6.07, 6.45) is -1.53. The molecule has 3 N–H and O–H groups in total. The second-order valence-electron chi connectivity index (χ2n) is 19.6. The highest BCUT2D eigenvalue weighted by Gasteiger charge is 2.63. The van der Waals surface area contributed by atoms with E-state index in [9.17, 15) is 36.0 Å². The van der Waals surface area contributed by atoms with E-state index in [-0.39, 0.29) is 31.4 Å². The van der Waals surface area contributed by atoms with E-state index in [1.807, 2.05) is 51.1 Å². The van der Waals surface area contributed by atoms with Crippen molar-refractivity contribution in [3.63, 3.8) is 0 Å². The summed E-state index contributed by atoms with van der Waals surface area (Å²) in [5.74, 6) is -2.22.